The summed E-state index contributed by atoms with van der Waals surface area (Å²) in [5.74, 6) is -0.419. The predicted octanol–water partition coefficient (Wildman–Crippen LogP) is 2.86. The van der Waals surface area contributed by atoms with Gasteiger partial charge in [-0.2, -0.15) is 0 Å². The summed E-state index contributed by atoms with van der Waals surface area (Å²) in [5, 5.41) is 0. The van der Waals surface area contributed by atoms with Gasteiger partial charge in [-0.15, -0.1) is 0 Å². The molecule has 5 nitrogen and oxygen atoms in total. The van der Waals surface area contributed by atoms with Crippen LogP contribution in [0.1, 0.15) is 12.5 Å². The summed E-state index contributed by atoms with van der Waals surface area (Å²) in [6.07, 6.45) is 4.72. The maximum absolute atomic E-state index is 12.3. The molecule has 0 fully saturated rings. The van der Waals surface area contributed by atoms with Crippen molar-refractivity contribution in [3.8, 4) is 0 Å². The number of amides is 1. The minimum atomic E-state index is -0.455. The topological polar surface area (TPSA) is 55.8 Å². The van der Waals surface area contributed by atoms with E-state index in [9.17, 15) is 9.59 Å². The summed E-state index contributed by atoms with van der Waals surface area (Å²) in [4.78, 5) is 25.3. The van der Waals surface area contributed by atoms with E-state index in [1.54, 1.807) is 17.9 Å². The van der Waals surface area contributed by atoms with Gasteiger partial charge in [-0.1, -0.05) is 36.9 Å². The van der Waals surface area contributed by atoms with E-state index in [1.165, 1.54) is 12.2 Å². The molecule has 0 aliphatic carbocycles. The second-order valence-corrected chi connectivity index (χ2v) is 4.75. The number of hydrogen-bond acceptors (Lipinski definition) is 4. The Hall–Kier alpha value is -2.56. The van der Waals surface area contributed by atoms with Gasteiger partial charge in [-0.05, 0) is 25.0 Å². The molecule has 0 saturated carbocycles. The molecule has 0 aromatic heterocycles. The number of nitrogens with zero attached hydrogens (tertiary/aromatic N) is 1. The molecule has 1 atom stereocenters. The number of fused-ring (bicyclic) bond motifs is 1. The molecule has 1 amide bonds. The van der Waals surface area contributed by atoms with Crippen molar-refractivity contribution in [1.82, 2.24) is 0 Å². The molecular formula is C17H19NO4. The Balaban J connectivity index is 2.20. The Morgan fingerprint density at radius 2 is 2.14 bits per heavy atom. The lowest BCUT2D eigenvalue weighted by molar-refractivity contribution is -0.137. The number of carbonyl (C=O) groups is 2. The lowest BCUT2D eigenvalue weighted by atomic mass is 10.1. The van der Waals surface area contributed by atoms with Crippen LogP contribution < -0.4 is 4.90 Å². The maximum Gasteiger partial charge on any atom is 0.415 e. The molecule has 0 unspecified atom stereocenters. The number of esters is 1. The molecule has 0 radical (unpaired) electrons. The van der Waals surface area contributed by atoms with Crippen LogP contribution in [-0.4, -0.2) is 31.3 Å². The number of anilines is 1. The molecular weight excluding hydrogens is 282 g/mol. The number of rotatable bonds is 5. The average Bonchev–Trinajstić information content (AvgIpc) is 2.89. The Morgan fingerprint density at radius 3 is 2.86 bits per heavy atom. The zero-order valence-corrected chi connectivity index (χ0v) is 12.5. The zero-order chi connectivity index (χ0) is 15.9. The summed E-state index contributed by atoms with van der Waals surface area (Å²) in [7, 11) is 0. The summed E-state index contributed by atoms with van der Waals surface area (Å²) in [6, 6.07) is 7.34. The Kier molecular flexibility index (Phi) is 5.36. The highest BCUT2D eigenvalue weighted by molar-refractivity contribution is 5.92. The highest BCUT2D eigenvalue weighted by Crippen LogP contribution is 2.33. The molecule has 0 bridgehead atoms. The Labute approximate surface area is 129 Å². The lowest BCUT2D eigenvalue weighted by Gasteiger charge is -2.22. The molecule has 1 aromatic carbocycles. The molecule has 0 saturated heterocycles. The van der Waals surface area contributed by atoms with Gasteiger partial charge in [-0.25, -0.2) is 9.59 Å². The fraction of sp³-hybridized carbons (Fsp3) is 0.294. The fourth-order valence-corrected chi connectivity index (χ4v) is 2.38. The SMILES string of the molecule is C=CCOC(=O)N1c2ccccc2C[C@H]1C=CC(=O)OCC. The van der Waals surface area contributed by atoms with Crippen molar-refractivity contribution in [3.63, 3.8) is 0 Å². The predicted molar refractivity (Wildman–Crippen MR) is 83.7 cm³/mol. The van der Waals surface area contributed by atoms with Crippen LogP contribution in [0.15, 0.2) is 49.1 Å². The molecule has 22 heavy (non-hydrogen) atoms. The van der Waals surface area contributed by atoms with Crippen molar-refractivity contribution in [1.29, 1.82) is 0 Å². The maximum atomic E-state index is 12.3. The van der Waals surface area contributed by atoms with E-state index in [-0.39, 0.29) is 12.6 Å². The molecule has 1 aromatic rings. The van der Waals surface area contributed by atoms with Crippen molar-refractivity contribution in [2.75, 3.05) is 18.1 Å². The fourth-order valence-electron chi connectivity index (χ4n) is 2.38. The third-order valence-electron chi connectivity index (χ3n) is 3.27. The van der Waals surface area contributed by atoms with Gasteiger partial charge in [0.25, 0.3) is 0 Å². The lowest BCUT2D eigenvalue weighted by Crippen LogP contribution is -2.37. The van der Waals surface area contributed by atoms with Crippen LogP contribution in [0.5, 0.6) is 0 Å². The van der Waals surface area contributed by atoms with E-state index in [4.69, 9.17) is 9.47 Å². The van der Waals surface area contributed by atoms with Gasteiger partial charge in [0.15, 0.2) is 0 Å². The number of ether oxygens (including phenoxy) is 2. The number of hydrogen-bond donors (Lipinski definition) is 0. The summed E-state index contributed by atoms with van der Waals surface area (Å²) in [6.45, 7) is 5.74. The Morgan fingerprint density at radius 1 is 1.36 bits per heavy atom. The molecule has 5 heteroatoms. The van der Waals surface area contributed by atoms with Crippen LogP contribution in [0.4, 0.5) is 10.5 Å². The van der Waals surface area contributed by atoms with E-state index in [1.807, 2.05) is 24.3 Å². The summed E-state index contributed by atoms with van der Waals surface area (Å²) >= 11 is 0. The van der Waals surface area contributed by atoms with Crippen molar-refractivity contribution >= 4 is 17.7 Å². The second kappa shape index (κ2) is 7.45. The zero-order valence-electron chi connectivity index (χ0n) is 12.5. The van der Waals surface area contributed by atoms with Crippen LogP contribution in [-0.2, 0) is 20.7 Å². The molecule has 1 aliphatic heterocycles. The highest BCUT2D eigenvalue weighted by Gasteiger charge is 2.33. The van der Waals surface area contributed by atoms with Crippen LogP contribution in [0, 0.1) is 0 Å². The molecule has 1 aliphatic rings. The average molecular weight is 301 g/mol. The van der Waals surface area contributed by atoms with Gasteiger partial charge < -0.3 is 9.47 Å². The van der Waals surface area contributed by atoms with Crippen molar-refractivity contribution < 1.29 is 19.1 Å². The monoisotopic (exact) mass is 301 g/mol. The van der Waals surface area contributed by atoms with Gasteiger partial charge in [0, 0.05) is 6.08 Å². The van der Waals surface area contributed by atoms with Crippen LogP contribution >= 0.6 is 0 Å². The van der Waals surface area contributed by atoms with E-state index < -0.39 is 12.1 Å². The number of carbonyl (C=O) groups excluding carboxylic acids is 2. The van der Waals surface area contributed by atoms with Gasteiger partial charge >= 0.3 is 12.1 Å². The normalized spacial score (nSPS) is 16.4. The van der Waals surface area contributed by atoms with E-state index >= 15 is 0 Å². The van der Waals surface area contributed by atoms with Gasteiger partial charge in [-0.3, -0.25) is 4.90 Å². The highest BCUT2D eigenvalue weighted by atomic mass is 16.6. The van der Waals surface area contributed by atoms with Crippen molar-refractivity contribution in [2.24, 2.45) is 0 Å². The number of para-hydroxylation sites is 1. The van der Waals surface area contributed by atoms with Crippen LogP contribution in [0.3, 0.4) is 0 Å². The second-order valence-electron chi connectivity index (χ2n) is 4.75. The first kappa shape index (κ1) is 15.8. The molecule has 0 spiro atoms. The smallest absolute Gasteiger partial charge is 0.415 e. The van der Waals surface area contributed by atoms with Crippen molar-refractivity contribution in [3.05, 3.63) is 54.6 Å². The van der Waals surface area contributed by atoms with Crippen LogP contribution in [0.25, 0.3) is 0 Å². The van der Waals surface area contributed by atoms with Crippen LogP contribution in [0.2, 0.25) is 0 Å². The quantitative estimate of drug-likeness (QED) is 0.477. The standard InChI is InChI=1S/C17H19NO4/c1-3-11-22-17(20)18-14(9-10-16(19)21-4-2)12-13-7-5-6-8-15(13)18/h3,5-10,14H,1,4,11-12H2,2H3/t14-/m1/s1. The number of benzene rings is 1. The summed E-state index contributed by atoms with van der Waals surface area (Å²) < 4.78 is 10.0. The van der Waals surface area contributed by atoms with Crippen molar-refractivity contribution in [2.45, 2.75) is 19.4 Å². The minimum absolute atomic E-state index is 0.145. The molecule has 0 N–H and O–H groups in total. The first-order chi connectivity index (χ1) is 10.7. The minimum Gasteiger partial charge on any atom is -0.463 e. The summed E-state index contributed by atoms with van der Waals surface area (Å²) in [5.41, 5.74) is 1.84. The molecule has 1 heterocycles. The third kappa shape index (κ3) is 3.55. The first-order valence-electron chi connectivity index (χ1n) is 7.17. The van der Waals surface area contributed by atoms with Gasteiger partial charge in [0.05, 0.1) is 18.3 Å². The van der Waals surface area contributed by atoms with E-state index in [0.29, 0.717) is 13.0 Å². The third-order valence-corrected chi connectivity index (χ3v) is 3.27. The Bertz CT molecular complexity index is 594. The van der Waals surface area contributed by atoms with Gasteiger partial charge in [0.2, 0.25) is 0 Å². The van der Waals surface area contributed by atoms with E-state index in [2.05, 4.69) is 6.58 Å². The van der Waals surface area contributed by atoms with Gasteiger partial charge in [0.1, 0.15) is 6.61 Å². The first-order valence-corrected chi connectivity index (χ1v) is 7.17. The van der Waals surface area contributed by atoms with E-state index in [0.717, 1.165) is 11.3 Å². The largest absolute Gasteiger partial charge is 0.463 e. The molecule has 116 valence electrons. The molecule has 2 rings (SSSR count).